The van der Waals surface area contributed by atoms with E-state index in [0.717, 1.165) is 23.3 Å². The Morgan fingerprint density at radius 3 is 1.24 bits per heavy atom. The lowest BCUT2D eigenvalue weighted by Gasteiger charge is -2.16. The quantitative estimate of drug-likeness (QED) is 0.0761. The fraction of sp³-hybridized carbons (Fsp3) is 0.125. The average molecular weight is 745 g/mol. The lowest BCUT2D eigenvalue weighted by molar-refractivity contribution is -0.156. The first-order chi connectivity index (χ1) is 21.8. The normalized spacial score (nSPS) is 10.7. The molecule has 0 unspecified atom stereocenters. The van der Waals surface area contributed by atoms with Gasteiger partial charge in [-0.1, -0.05) is 118 Å². The van der Waals surface area contributed by atoms with Crippen LogP contribution in [0.15, 0.2) is 60.7 Å². The predicted octanol–water partition coefficient (Wildman–Crippen LogP) is 9.45. The van der Waals surface area contributed by atoms with Crippen LogP contribution in [0.1, 0.15) is 43.0 Å². The van der Waals surface area contributed by atoms with Crippen molar-refractivity contribution in [1.82, 2.24) is 0 Å². The molecule has 0 aromatic heterocycles. The number of hydrogen-bond acceptors (Lipinski definition) is 8. The van der Waals surface area contributed by atoms with E-state index >= 15 is 0 Å². The molecule has 0 heterocycles. The minimum absolute atomic E-state index is 0.159. The van der Waals surface area contributed by atoms with Gasteiger partial charge < -0.3 is 18.9 Å². The number of carbonyl (C=O) groups excluding carboxylic acids is 4. The van der Waals surface area contributed by atoms with Crippen LogP contribution in [0.2, 0.25) is 30.1 Å². The molecule has 0 spiro atoms. The van der Waals surface area contributed by atoms with Crippen LogP contribution in [0.5, 0.6) is 11.5 Å². The molecule has 0 fully saturated rings. The molecule has 4 rings (SSSR count). The van der Waals surface area contributed by atoms with Crippen molar-refractivity contribution in [2.45, 2.75) is 27.1 Å². The zero-order valence-corrected chi connectivity index (χ0v) is 28.3. The van der Waals surface area contributed by atoms with Gasteiger partial charge in [0.1, 0.15) is 24.3 Å². The average Bonchev–Trinajstić information content (AvgIpc) is 3.01. The molecule has 46 heavy (non-hydrogen) atoms. The van der Waals surface area contributed by atoms with Gasteiger partial charge in [-0.2, -0.15) is 0 Å². The van der Waals surface area contributed by atoms with E-state index in [9.17, 15) is 19.2 Å². The third kappa shape index (κ3) is 8.07. The van der Waals surface area contributed by atoms with E-state index in [2.05, 4.69) is 0 Å². The molecule has 4 aromatic carbocycles. The molecule has 0 radical (unpaired) electrons. The molecule has 0 atom stereocenters. The Kier molecular flexibility index (Phi) is 11.8. The molecule has 0 N–H and O–H groups in total. The molecular weight excluding hydrogens is 725 g/mol. The van der Waals surface area contributed by atoms with Crippen LogP contribution >= 0.6 is 69.6 Å². The summed E-state index contributed by atoms with van der Waals surface area (Å²) < 4.78 is 21.0. The Balaban J connectivity index is 1.58. The maximum atomic E-state index is 13.1. The molecular formula is C32H20Cl6O8. The number of benzene rings is 4. The first-order valence-electron chi connectivity index (χ1n) is 13.0. The van der Waals surface area contributed by atoms with Crippen molar-refractivity contribution in [3.63, 3.8) is 0 Å². The number of hydrogen-bond donors (Lipinski definition) is 0. The first-order valence-corrected chi connectivity index (χ1v) is 15.3. The summed E-state index contributed by atoms with van der Waals surface area (Å²) in [6, 6.07) is 16.5. The zero-order valence-electron chi connectivity index (χ0n) is 23.7. The Bertz CT molecular complexity index is 1740. The summed E-state index contributed by atoms with van der Waals surface area (Å²) in [5.41, 5.74) is 2.02. The van der Waals surface area contributed by atoms with Gasteiger partial charge in [-0.25, -0.2) is 19.2 Å². The molecule has 4 aromatic rings. The highest BCUT2D eigenvalue weighted by molar-refractivity contribution is 6.47. The second-order valence-electron chi connectivity index (χ2n) is 9.50. The lowest BCUT2D eigenvalue weighted by atomic mass is 10.1. The standard InChI is InChI=1S/C32H20Cl6O8/c1-15-7-3-5-9-17(15)13-43-29(39)23-25(37)19(33)11-21(35)27(23)45-31(41)32(42)46-28-22(36)12-20(34)26(38)24(28)30(40)44-14-18-10-6-4-8-16(18)2/h3-12H,13-14H2,1-2H3. The number of rotatable bonds is 8. The number of esters is 4. The molecule has 14 heteroatoms. The Morgan fingerprint density at radius 1 is 0.543 bits per heavy atom. The molecule has 0 saturated heterocycles. The lowest BCUT2D eigenvalue weighted by Crippen LogP contribution is -2.27. The Morgan fingerprint density at radius 2 is 0.891 bits per heavy atom. The maximum Gasteiger partial charge on any atom is 0.423 e. The van der Waals surface area contributed by atoms with E-state index in [1.165, 1.54) is 0 Å². The summed E-state index contributed by atoms with van der Waals surface area (Å²) in [6.45, 7) is 3.31. The third-order valence-corrected chi connectivity index (χ3v) is 8.59. The number of ether oxygens (including phenoxy) is 4. The fourth-order valence-electron chi connectivity index (χ4n) is 3.97. The highest BCUT2D eigenvalue weighted by Crippen LogP contribution is 2.42. The molecule has 8 nitrogen and oxygen atoms in total. The van der Waals surface area contributed by atoms with Gasteiger partial charge in [0.2, 0.25) is 0 Å². The molecule has 0 aliphatic carbocycles. The van der Waals surface area contributed by atoms with E-state index < -0.39 is 46.5 Å². The van der Waals surface area contributed by atoms with E-state index in [4.69, 9.17) is 88.6 Å². The molecule has 238 valence electrons. The smallest absolute Gasteiger partial charge is 0.423 e. The van der Waals surface area contributed by atoms with Gasteiger partial charge in [0.25, 0.3) is 0 Å². The number of halogens is 6. The predicted molar refractivity (Wildman–Crippen MR) is 175 cm³/mol. The van der Waals surface area contributed by atoms with Crippen LogP contribution in [0, 0.1) is 13.8 Å². The minimum Gasteiger partial charge on any atom is -0.457 e. The summed E-state index contributed by atoms with van der Waals surface area (Å²) in [5.74, 6) is -6.75. The largest absolute Gasteiger partial charge is 0.457 e. The van der Waals surface area contributed by atoms with E-state index in [1.807, 2.05) is 38.1 Å². The molecule has 0 aliphatic heterocycles. The number of aryl methyl sites for hydroxylation is 2. The van der Waals surface area contributed by atoms with Crippen LogP contribution in [0.4, 0.5) is 0 Å². The summed E-state index contributed by atoms with van der Waals surface area (Å²) in [7, 11) is 0. The van der Waals surface area contributed by atoms with Crippen LogP contribution < -0.4 is 9.47 Å². The van der Waals surface area contributed by atoms with Gasteiger partial charge in [0.05, 0.1) is 30.1 Å². The van der Waals surface area contributed by atoms with Crippen molar-refractivity contribution in [3.8, 4) is 11.5 Å². The summed E-state index contributed by atoms with van der Waals surface area (Å²) >= 11 is 37.2. The van der Waals surface area contributed by atoms with Crippen molar-refractivity contribution >= 4 is 93.5 Å². The van der Waals surface area contributed by atoms with Crippen LogP contribution in [0.25, 0.3) is 0 Å². The Labute approximate surface area is 292 Å². The monoisotopic (exact) mass is 742 g/mol. The Hall–Kier alpha value is -3.50. The summed E-state index contributed by atoms with van der Waals surface area (Å²) in [4.78, 5) is 52.1. The van der Waals surface area contributed by atoms with Gasteiger partial charge in [0, 0.05) is 0 Å². The zero-order chi connectivity index (χ0) is 33.7. The topological polar surface area (TPSA) is 105 Å². The molecule has 0 aliphatic rings. The van der Waals surface area contributed by atoms with Crippen LogP contribution in [-0.2, 0) is 32.3 Å². The van der Waals surface area contributed by atoms with Crippen LogP contribution in [-0.4, -0.2) is 23.9 Å². The molecule has 0 bridgehead atoms. The fourth-order valence-corrected chi connectivity index (χ4v) is 5.40. The van der Waals surface area contributed by atoms with Crippen molar-refractivity contribution < 1.29 is 38.1 Å². The van der Waals surface area contributed by atoms with Crippen molar-refractivity contribution in [2.24, 2.45) is 0 Å². The van der Waals surface area contributed by atoms with Crippen molar-refractivity contribution in [2.75, 3.05) is 0 Å². The van der Waals surface area contributed by atoms with Crippen molar-refractivity contribution in [3.05, 3.63) is 124 Å². The number of carbonyl (C=O) groups is 4. The third-order valence-electron chi connectivity index (χ3n) is 6.46. The second kappa shape index (κ2) is 15.4. The van der Waals surface area contributed by atoms with Crippen molar-refractivity contribution in [1.29, 1.82) is 0 Å². The molecule has 0 amide bonds. The van der Waals surface area contributed by atoms with Crippen LogP contribution in [0.3, 0.4) is 0 Å². The minimum atomic E-state index is -1.69. The SMILES string of the molecule is Cc1ccccc1COC(=O)c1c(Cl)c(Cl)cc(Cl)c1OC(=O)C(=O)Oc1c(Cl)cc(Cl)c(Cl)c1C(=O)OCc1ccccc1C. The first kappa shape index (κ1) is 35.4. The maximum absolute atomic E-state index is 13.1. The van der Waals surface area contributed by atoms with E-state index in [1.54, 1.807) is 24.3 Å². The van der Waals surface area contributed by atoms with Gasteiger partial charge in [-0.15, -0.1) is 0 Å². The van der Waals surface area contributed by atoms with Gasteiger partial charge in [-0.05, 0) is 48.2 Å². The highest BCUT2D eigenvalue weighted by Gasteiger charge is 2.32. The van der Waals surface area contributed by atoms with Gasteiger partial charge in [-0.3, -0.25) is 0 Å². The van der Waals surface area contributed by atoms with E-state index in [-0.39, 0.29) is 43.3 Å². The molecule has 0 saturated carbocycles. The van der Waals surface area contributed by atoms with Gasteiger partial charge in [0.15, 0.2) is 11.5 Å². The van der Waals surface area contributed by atoms with E-state index in [0.29, 0.717) is 11.1 Å². The summed E-state index contributed by atoms with van der Waals surface area (Å²) in [5, 5.41) is -1.74. The summed E-state index contributed by atoms with van der Waals surface area (Å²) in [6.07, 6.45) is 0. The highest BCUT2D eigenvalue weighted by atomic mass is 35.5. The second-order valence-corrected chi connectivity index (χ2v) is 11.9. The van der Waals surface area contributed by atoms with Gasteiger partial charge >= 0.3 is 23.9 Å².